The highest BCUT2D eigenvalue weighted by Gasteiger charge is 2.40. The van der Waals surface area contributed by atoms with Gasteiger partial charge in [0.1, 0.15) is 22.9 Å². The number of piperidine rings is 1. The number of urea groups is 1. The largest absolute Gasteiger partial charge is 0.497 e. The minimum Gasteiger partial charge on any atom is -0.497 e. The van der Waals surface area contributed by atoms with Crippen LogP contribution in [-0.4, -0.2) is 71.9 Å². The number of hydrogen-bond donors (Lipinski definition) is 2. The average molecular weight is 618 g/mol. The Hall–Kier alpha value is -5.07. The number of hydrogen-bond acceptors (Lipinski definition) is 9. The molecule has 5 rings (SSSR count). The first kappa shape index (κ1) is 31.4. The molecule has 2 N–H and O–H groups in total. The lowest BCUT2D eigenvalue weighted by molar-refractivity contribution is -0.114. The molecule has 3 aromatic rings. The maximum atomic E-state index is 14.4. The lowest BCUT2D eigenvalue weighted by atomic mass is 10.0. The van der Waals surface area contributed by atoms with Gasteiger partial charge >= 0.3 is 12.1 Å². The summed E-state index contributed by atoms with van der Waals surface area (Å²) in [5, 5.41) is 5.99. The summed E-state index contributed by atoms with van der Waals surface area (Å²) in [4.78, 5) is 53.6. The van der Waals surface area contributed by atoms with E-state index in [9.17, 15) is 14.4 Å². The standard InChI is InChI=1S/C32H39N7O6/c1-20(40)34-26-11-7-8-12-27(26)35-29-33-17-21-18-38(23-14-24(43-5)16-25(15-23)44-6)30(41)39(28(21)36-29)22-10-9-13-37(19-22)31(42)45-32(2,3)4/h7-8,11-12,14-17,22H,9-10,13,18-19H2,1-6H3,(H,34,40)(H,33,35,36). The summed E-state index contributed by atoms with van der Waals surface area (Å²) in [6.07, 6.45) is 2.59. The third-order valence-electron chi connectivity index (χ3n) is 7.38. The van der Waals surface area contributed by atoms with E-state index in [1.807, 2.05) is 32.9 Å². The molecule has 1 atom stereocenters. The molecular formula is C32H39N7O6. The van der Waals surface area contributed by atoms with Crippen molar-refractivity contribution in [2.24, 2.45) is 0 Å². The van der Waals surface area contributed by atoms with Crippen molar-refractivity contribution in [3.8, 4) is 11.5 Å². The fourth-order valence-electron chi connectivity index (χ4n) is 5.38. The van der Waals surface area contributed by atoms with Crippen molar-refractivity contribution in [1.29, 1.82) is 0 Å². The zero-order chi connectivity index (χ0) is 32.3. The molecule has 238 valence electrons. The normalized spacial score (nSPS) is 16.5. The molecule has 4 amide bonds. The Morgan fingerprint density at radius 3 is 2.36 bits per heavy atom. The molecule has 3 heterocycles. The van der Waals surface area contributed by atoms with Crippen LogP contribution in [0.5, 0.6) is 11.5 Å². The number of ether oxygens (including phenoxy) is 3. The van der Waals surface area contributed by atoms with Gasteiger partial charge < -0.3 is 29.7 Å². The van der Waals surface area contributed by atoms with Gasteiger partial charge in [0, 0.05) is 50.0 Å². The number of nitrogens with zero attached hydrogens (tertiary/aromatic N) is 5. The topological polar surface area (TPSA) is 138 Å². The molecule has 1 unspecified atom stereocenters. The number of carbonyl (C=O) groups excluding carboxylic acids is 3. The first-order valence-electron chi connectivity index (χ1n) is 14.8. The predicted octanol–water partition coefficient (Wildman–Crippen LogP) is 5.54. The van der Waals surface area contributed by atoms with E-state index in [2.05, 4.69) is 15.6 Å². The number of fused-ring (bicyclic) bond motifs is 1. The van der Waals surface area contributed by atoms with Gasteiger partial charge in [0.25, 0.3) is 0 Å². The van der Waals surface area contributed by atoms with Crippen molar-refractivity contribution in [1.82, 2.24) is 14.9 Å². The average Bonchev–Trinajstić information content (AvgIpc) is 3.00. The molecule has 1 aromatic heterocycles. The third-order valence-corrected chi connectivity index (χ3v) is 7.38. The van der Waals surface area contributed by atoms with Crippen molar-refractivity contribution in [3.05, 3.63) is 54.2 Å². The third kappa shape index (κ3) is 7.19. The van der Waals surface area contributed by atoms with E-state index < -0.39 is 11.7 Å². The summed E-state index contributed by atoms with van der Waals surface area (Å²) in [6, 6.07) is 11.8. The van der Waals surface area contributed by atoms with Gasteiger partial charge in [-0.3, -0.25) is 14.6 Å². The van der Waals surface area contributed by atoms with E-state index in [1.165, 1.54) is 6.92 Å². The van der Waals surface area contributed by atoms with E-state index in [0.29, 0.717) is 59.3 Å². The van der Waals surface area contributed by atoms with Gasteiger partial charge in [0.2, 0.25) is 11.9 Å². The number of benzene rings is 2. The van der Waals surface area contributed by atoms with Gasteiger partial charge in [-0.05, 0) is 45.7 Å². The van der Waals surface area contributed by atoms with E-state index >= 15 is 0 Å². The molecule has 0 aliphatic carbocycles. The van der Waals surface area contributed by atoms with Gasteiger partial charge in [0.15, 0.2) is 0 Å². The van der Waals surface area contributed by atoms with E-state index in [0.717, 1.165) is 0 Å². The van der Waals surface area contributed by atoms with Crippen LogP contribution in [0.25, 0.3) is 0 Å². The molecule has 2 aliphatic rings. The Morgan fingerprint density at radius 2 is 1.71 bits per heavy atom. The van der Waals surface area contributed by atoms with Crippen molar-refractivity contribution >= 4 is 46.9 Å². The molecule has 1 fully saturated rings. The molecule has 45 heavy (non-hydrogen) atoms. The quantitative estimate of drug-likeness (QED) is 0.350. The molecule has 13 heteroatoms. The highest BCUT2D eigenvalue weighted by atomic mass is 16.6. The Balaban J connectivity index is 1.54. The van der Waals surface area contributed by atoms with Crippen LogP contribution in [0.3, 0.4) is 0 Å². The van der Waals surface area contributed by atoms with Crippen LogP contribution < -0.4 is 29.9 Å². The van der Waals surface area contributed by atoms with Crippen LogP contribution in [0.15, 0.2) is 48.7 Å². The number of amides is 4. The second-order valence-corrected chi connectivity index (χ2v) is 11.9. The summed E-state index contributed by atoms with van der Waals surface area (Å²) < 4.78 is 16.6. The van der Waals surface area contributed by atoms with Gasteiger partial charge in [0.05, 0.1) is 43.9 Å². The lowest BCUT2D eigenvalue weighted by Crippen LogP contribution is -2.58. The van der Waals surface area contributed by atoms with Gasteiger partial charge in [-0.2, -0.15) is 4.98 Å². The Kier molecular flexibility index (Phi) is 8.98. The number of likely N-dealkylation sites (tertiary alicyclic amines) is 1. The maximum Gasteiger partial charge on any atom is 0.410 e. The number of carbonyl (C=O) groups is 3. The molecule has 0 saturated carbocycles. The summed E-state index contributed by atoms with van der Waals surface area (Å²) in [5.41, 5.74) is 1.81. The van der Waals surface area contributed by atoms with Crippen LogP contribution in [0.1, 0.15) is 46.1 Å². The van der Waals surface area contributed by atoms with E-state index in [-0.39, 0.29) is 37.0 Å². The minimum absolute atomic E-state index is 0.201. The Bertz CT molecular complexity index is 1570. The van der Waals surface area contributed by atoms with Crippen molar-refractivity contribution in [3.63, 3.8) is 0 Å². The zero-order valence-electron chi connectivity index (χ0n) is 26.4. The second-order valence-electron chi connectivity index (χ2n) is 11.9. The first-order valence-corrected chi connectivity index (χ1v) is 14.8. The highest BCUT2D eigenvalue weighted by molar-refractivity contribution is 6.06. The fraction of sp³-hybridized carbons (Fsp3) is 0.406. The van der Waals surface area contributed by atoms with Gasteiger partial charge in [-0.15, -0.1) is 0 Å². The van der Waals surface area contributed by atoms with Gasteiger partial charge in [-0.1, -0.05) is 12.1 Å². The summed E-state index contributed by atoms with van der Waals surface area (Å²) >= 11 is 0. The Labute approximate surface area is 262 Å². The highest BCUT2D eigenvalue weighted by Crippen LogP contribution is 2.37. The molecule has 2 aromatic carbocycles. The number of methoxy groups -OCH3 is 2. The van der Waals surface area contributed by atoms with Gasteiger partial charge in [-0.25, -0.2) is 14.6 Å². The molecule has 13 nitrogen and oxygen atoms in total. The number of para-hydroxylation sites is 2. The fourth-order valence-corrected chi connectivity index (χ4v) is 5.38. The zero-order valence-corrected chi connectivity index (χ0v) is 26.4. The summed E-state index contributed by atoms with van der Waals surface area (Å²) in [6.45, 7) is 7.91. The van der Waals surface area contributed by atoms with Crippen molar-refractivity contribution < 1.29 is 28.6 Å². The first-order chi connectivity index (χ1) is 21.5. The van der Waals surface area contributed by atoms with Crippen LogP contribution in [0.2, 0.25) is 0 Å². The molecule has 0 spiro atoms. The van der Waals surface area contributed by atoms with Crippen molar-refractivity contribution in [2.45, 2.75) is 58.7 Å². The summed E-state index contributed by atoms with van der Waals surface area (Å²) in [5.74, 6) is 1.56. The molecule has 0 bridgehead atoms. The SMILES string of the molecule is COc1cc(OC)cc(N2Cc3cnc(Nc4ccccc4NC(C)=O)nc3N(C3CCCN(C(=O)OC(C)(C)C)C3)C2=O)c1. The summed E-state index contributed by atoms with van der Waals surface area (Å²) in [7, 11) is 3.11. The van der Waals surface area contributed by atoms with Crippen LogP contribution in [-0.2, 0) is 16.1 Å². The molecular weight excluding hydrogens is 578 g/mol. The van der Waals surface area contributed by atoms with Crippen LogP contribution in [0, 0.1) is 0 Å². The lowest BCUT2D eigenvalue weighted by Gasteiger charge is -2.43. The predicted molar refractivity (Wildman–Crippen MR) is 170 cm³/mol. The smallest absolute Gasteiger partial charge is 0.410 e. The van der Waals surface area contributed by atoms with Crippen LogP contribution in [0.4, 0.5) is 38.4 Å². The number of nitrogens with one attached hydrogen (secondary N) is 2. The molecule has 1 saturated heterocycles. The van der Waals surface area contributed by atoms with Crippen LogP contribution >= 0.6 is 0 Å². The van der Waals surface area contributed by atoms with E-state index in [1.54, 1.807) is 65.4 Å². The Morgan fingerprint density at radius 1 is 1.02 bits per heavy atom. The number of rotatable bonds is 7. The van der Waals surface area contributed by atoms with Crippen molar-refractivity contribution in [2.75, 3.05) is 47.7 Å². The number of aromatic nitrogens is 2. The number of anilines is 5. The van der Waals surface area contributed by atoms with E-state index in [4.69, 9.17) is 19.2 Å². The molecule has 0 radical (unpaired) electrons. The minimum atomic E-state index is -0.652. The molecule has 2 aliphatic heterocycles. The second kappa shape index (κ2) is 12.9. The monoisotopic (exact) mass is 617 g/mol. The maximum absolute atomic E-state index is 14.4.